The van der Waals surface area contributed by atoms with Gasteiger partial charge in [0, 0.05) is 22.9 Å². The lowest BCUT2D eigenvalue weighted by atomic mass is 9.85. The molecule has 2 heterocycles. The number of halogens is 1. The predicted molar refractivity (Wildman–Crippen MR) is 156 cm³/mol. The maximum Gasteiger partial charge on any atom is 0.408 e. The molecule has 0 radical (unpaired) electrons. The molecule has 2 atom stereocenters. The Morgan fingerprint density at radius 3 is 2.71 bits per heavy atom. The van der Waals surface area contributed by atoms with Crippen LogP contribution in [0, 0.1) is 0 Å². The van der Waals surface area contributed by atoms with Gasteiger partial charge in [-0.25, -0.2) is 4.79 Å². The van der Waals surface area contributed by atoms with Crippen LogP contribution in [0.15, 0.2) is 59.1 Å². The van der Waals surface area contributed by atoms with Crippen molar-refractivity contribution < 1.29 is 33.7 Å². The molecule has 2 amide bonds. The first-order valence-electron chi connectivity index (χ1n) is 13.4. The molecule has 0 aromatic heterocycles. The summed E-state index contributed by atoms with van der Waals surface area (Å²) in [5.41, 5.74) is 0.423. The smallest absolute Gasteiger partial charge is 0.408 e. The zero-order chi connectivity index (χ0) is 29.1. The fraction of sp³-hybridized carbons (Fsp3) is 0.367. The van der Waals surface area contributed by atoms with Gasteiger partial charge in [0.2, 0.25) is 5.91 Å². The van der Waals surface area contributed by atoms with Crippen molar-refractivity contribution in [2.45, 2.75) is 44.0 Å². The molecule has 2 aliphatic heterocycles. The van der Waals surface area contributed by atoms with Crippen molar-refractivity contribution in [1.29, 1.82) is 0 Å². The lowest BCUT2D eigenvalue weighted by Gasteiger charge is -2.42. The second kappa shape index (κ2) is 12.1. The number of carboxylic acid groups (broad SMARTS) is 1. The summed E-state index contributed by atoms with van der Waals surface area (Å²) < 4.78 is 19.0. The molecule has 1 saturated heterocycles. The molecule has 41 heavy (non-hydrogen) atoms. The number of fused-ring (bicyclic) bond motifs is 2. The van der Waals surface area contributed by atoms with E-state index < -0.39 is 23.8 Å². The molecule has 3 aromatic rings. The van der Waals surface area contributed by atoms with Gasteiger partial charge in [0.15, 0.2) is 0 Å². The van der Waals surface area contributed by atoms with Crippen molar-refractivity contribution in [3.63, 3.8) is 0 Å². The minimum Gasteiger partial charge on any atom is -0.496 e. The number of hydrogen-bond acceptors (Lipinski definition) is 7. The zero-order valence-electron chi connectivity index (χ0n) is 22.8. The van der Waals surface area contributed by atoms with Crippen LogP contribution in [0.3, 0.4) is 0 Å². The quantitative estimate of drug-likeness (QED) is 0.276. The highest BCUT2D eigenvalue weighted by Gasteiger charge is 2.51. The number of carbonyl (C=O) groups is 3. The van der Waals surface area contributed by atoms with Crippen LogP contribution in [-0.4, -0.2) is 73.0 Å². The van der Waals surface area contributed by atoms with E-state index in [1.807, 2.05) is 54.6 Å². The minimum absolute atomic E-state index is 0.180. The van der Waals surface area contributed by atoms with Gasteiger partial charge in [-0.3, -0.25) is 15.0 Å². The molecule has 0 saturated carbocycles. The molecule has 5 rings (SSSR count). The van der Waals surface area contributed by atoms with Crippen molar-refractivity contribution in [2.24, 2.45) is 0 Å². The number of nitrogens with zero attached hydrogens (tertiary/aromatic N) is 2. The Bertz CT molecular complexity index is 1460. The topological polar surface area (TPSA) is 118 Å². The van der Waals surface area contributed by atoms with Gasteiger partial charge in [0.1, 0.15) is 29.4 Å². The number of methoxy groups -OCH3 is 1. The van der Waals surface area contributed by atoms with E-state index in [2.05, 4.69) is 21.2 Å². The van der Waals surface area contributed by atoms with Gasteiger partial charge < -0.3 is 29.0 Å². The molecule has 10 nitrogen and oxygen atoms in total. The van der Waals surface area contributed by atoms with Crippen LogP contribution in [0.5, 0.6) is 11.5 Å². The van der Waals surface area contributed by atoms with E-state index in [4.69, 9.17) is 14.2 Å². The zero-order valence-corrected chi connectivity index (χ0v) is 24.4. The number of ether oxygens (including phenoxy) is 3. The second-order valence-electron chi connectivity index (χ2n) is 10.2. The first kappa shape index (κ1) is 28.8. The van der Waals surface area contributed by atoms with Crippen LogP contribution >= 0.6 is 15.9 Å². The summed E-state index contributed by atoms with van der Waals surface area (Å²) in [5.74, 6) is 0.903. The number of benzene rings is 3. The molecule has 0 aliphatic carbocycles. The highest BCUT2D eigenvalue weighted by molar-refractivity contribution is 9.10. The van der Waals surface area contributed by atoms with Gasteiger partial charge in [0.05, 0.1) is 45.3 Å². The highest BCUT2D eigenvalue weighted by Crippen LogP contribution is 2.42. The Morgan fingerprint density at radius 1 is 1.24 bits per heavy atom. The monoisotopic (exact) mass is 625 g/mol. The van der Waals surface area contributed by atoms with Crippen molar-refractivity contribution in [3.8, 4) is 11.5 Å². The standard InChI is InChI=1S/C30H32BrN3O7/c1-19(17-35)34(29(37)38)18-32-27-28(36)33(16-23-22-9-8-21(31)15-20(22)7-10-25(23)39-2)24-5-3-4-6-26(24)41-30(27)11-13-40-14-12-30/h3-10,15,17,19,27,32H,11-14,16,18H2,1-2H3,(H,37,38)/t19-,27+/m0/s1. The molecule has 216 valence electrons. The summed E-state index contributed by atoms with van der Waals surface area (Å²) >= 11 is 3.54. The molecule has 0 unspecified atom stereocenters. The molecule has 11 heteroatoms. The molecule has 2 aliphatic rings. The maximum absolute atomic E-state index is 14.7. The van der Waals surface area contributed by atoms with E-state index in [0.717, 1.165) is 25.7 Å². The van der Waals surface area contributed by atoms with Crippen LogP contribution in [-0.2, 0) is 20.9 Å². The third-order valence-electron chi connectivity index (χ3n) is 7.83. The summed E-state index contributed by atoms with van der Waals surface area (Å²) in [7, 11) is 1.60. The van der Waals surface area contributed by atoms with Gasteiger partial charge in [0.25, 0.3) is 0 Å². The van der Waals surface area contributed by atoms with Gasteiger partial charge in [-0.2, -0.15) is 0 Å². The van der Waals surface area contributed by atoms with Gasteiger partial charge in [-0.1, -0.05) is 40.2 Å². The number of hydrogen-bond donors (Lipinski definition) is 2. The van der Waals surface area contributed by atoms with E-state index in [9.17, 15) is 19.5 Å². The van der Waals surface area contributed by atoms with Crippen molar-refractivity contribution in [1.82, 2.24) is 10.2 Å². The Labute approximate surface area is 246 Å². The number of nitrogens with one attached hydrogen (secondary N) is 1. The maximum atomic E-state index is 14.7. The number of carbonyl (C=O) groups excluding carboxylic acids is 2. The number of amides is 2. The van der Waals surface area contributed by atoms with E-state index >= 15 is 0 Å². The van der Waals surface area contributed by atoms with Crippen LogP contribution in [0.4, 0.5) is 10.5 Å². The third kappa shape index (κ3) is 5.61. The SMILES string of the molecule is COc1ccc2cc(Br)ccc2c1CN1C(=O)[C@@H](NCN(C(=O)O)[C@@H](C)C=O)C2(CCOCC2)Oc2ccccc21. The minimum atomic E-state index is -1.27. The molecule has 1 spiro atoms. The first-order valence-corrected chi connectivity index (χ1v) is 14.2. The van der Waals surface area contributed by atoms with E-state index in [1.54, 1.807) is 12.0 Å². The van der Waals surface area contributed by atoms with Crippen LogP contribution in [0.25, 0.3) is 10.8 Å². The Hall–Kier alpha value is -3.67. The summed E-state index contributed by atoms with van der Waals surface area (Å²) in [6, 6.07) is 15.4. The van der Waals surface area contributed by atoms with Crippen LogP contribution < -0.4 is 19.7 Å². The number of anilines is 1. The number of rotatable bonds is 8. The first-order chi connectivity index (χ1) is 19.8. The average molecular weight is 627 g/mol. The normalized spacial score (nSPS) is 18.8. The second-order valence-corrected chi connectivity index (χ2v) is 11.1. The molecular weight excluding hydrogens is 594 g/mol. The van der Waals surface area contributed by atoms with Gasteiger partial charge >= 0.3 is 6.09 Å². The largest absolute Gasteiger partial charge is 0.496 e. The van der Waals surface area contributed by atoms with E-state index in [0.29, 0.717) is 49.5 Å². The molecule has 2 N–H and O–H groups in total. The van der Waals surface area contributed by atoms with Crippen molar-refractivity contribution in [3.05, 3.63) is 64.6 Å². The van der Waals surface area contributed by atoms with Crippen molar-refractivity contribution in [2.75, 3.05) is 31.9 Å². The fourth-order valence-corrected chi connectivity index (χ4v) is 5.97. The number of aldehydes is 1. The highest BCUT2D eigenvalue weighted by atomic mass is 79.9. The summed E-state index contributed by atoms with van der Waals surface area (Å²) in [6.45, 7) is 2.19. The Morgan fingerprint density at radius 2 is 2.00 bits per heavy atom. The average Bonchev–Trinajstić information content (AvgIpc) is 3.06. The molecule has 0 bridgehead atoms. The molecular formula is C30H32BrN3O7. The van der Waals surface area contributed by atoms with Crippen molar-refractivity contribution >= 4 is 50.7 Å². The molecule has 1 fully saturated rings. The van der Waals surface area contributed by atoms with Crippen LogP contribution in [0.2, 0.25) is 0 Å². The fourth-order valence-electron chi connectivity index (χ4n) is 5.59. The lowest BCUT2D eigenvalue weighted by molar-refractivity contribution is -0.131. The van der Waals surface area contributed by atoms with E-state index in [1.165, 1.54) is 6.92 Å². The van der Waals surface area contributed by atoms with Crippen LogP contribution in [0.1, 0.15) is 25.3 Å². The molecule has 3 aromatic carbocycles. The lowest BCUT2D eigenvalue weighted by Crippen LogP contribution is -2.64. The number of para-hydroxylation sites is 2. The summed E-state index contributed by atoms with van der Waals surface area (Å²) in [5, 5.41) is 14.8. The van der Waals surface area contributed by atoms with Gasteiger partial charge in [-0.05, 0) is 48.0 Å². The Kier molecular flexibility index (Phi) is 8.48. The Balaban J connectivity index is 1.61. The van der Waals surface area contributed by atoms with Gasteiger partial charge in [-0.15, -0.1) is 0 Å². The third-order valence-corrected chi connectivity index (χ3v) is 8.33. The van der Waals surface area contributed by atoms with E-state index in [-0.39, 0.29) is 19.1 Å². The predicted octanol–water partition coefficient (Wildman–Crippen LogP) is 4.57. The summed E-state index contributed by atoms with van der Waals surface area (Å²) in [4.78, 5) is 40.7. The summed E-state index contributed by atoms with van der Waals surface area (Å²) in [6.07, 6.45) is 0.117.